The Labute approximate surface area is 128 Å². The second-order valence-corrected chi connectivity index (χ2v) is 5.51. The van der Waals surface area contributed by atoms with Gasteiger partial charge in [0.2, 0.25) is 0 Å². The average Bonchev–Trinajstić information content (AvgIpc) is 2.46. The summed E-state index contributed by atoms with van der Waals surface area (Å²) in [7, 11) is 0. The van der Waals surface area contributed by atoms with Crippen molar-refractivity contribution in [2.24, 2.45) is 0 Å². The van der Waals surface area contributed by atoms with Crippen LogP contribution in [0.2, 0.25) is 0 Å². The van der Waals surface area contributed by atoms with E-state index in [2.05, 4.69) is 0 Å². The third-order valence-electron chi connectivity index (χ3n) is 3.02. The number of nitrogens with zero attached hydrogens (tertiary/aromatic N) is 2. The number of carbonyl (C=O) groups is 1. The van der Waals surface area contributed by atoms with Crippen molar-refractivity contribution in [3.05, 3.63) is 37.4 Å². The minimum atomic E-state index is -0.525. The van der Waals surface area contributed by atoms with Crippen LogP contribution >= 0.6 is 22.6 Å². The Balaban J connectivity index is 2.24. The first kappa shape index (κ1) is 15.1. The van der Waals surface area contributed by atoms with Gasteiger partial charge in [-0.05, 0) is 28.7 Å². The van der Waals surface area contributed by atoms with Crippen molar-refractivity contribution < 1.29 is 19.6 Å². The number of halogens is 1. The van der Waals surface area contributed by atoms with Crippen molar-refractivity contribution in [2.45, 2.75) is 6.10 Å². The number of carbonyl (C=O) groups excluding carboxylic acids is 1. The maximum Gasteiger partial charge on any atom is 0.270 e. The number of nitro benzene ring substituents is 1. The Hall–Kier alpha value is -1.26. The minimum absolute atomic E-state index is 0.110. The van der Waals surface area contributed by atoms with Crippen LogP contribution in [0.5, 0.6) is 0 Å². The molecule has 0 spiro atoms. The molecule has 1 fully saturated rings. The van der Waals surface area contributed by atoms with Gasteiger partial charge in [-0.3, -0.25) is 14.9 Å². The Morgan fingerprint density at radius 1 is 1.60 bits per heavy atom. The van der Waals surface area contributed by atoms with E-state index in [1.54, 1.807) is 11.0 Å². The van der Waals surface area contributed by atoms with E-state index in [0.717, 1.165) is 0 Å². The molecule has 108 valence electrons. The molecule has 1 aromatic rings. The number of morpholine rings is 1. The number of amides is 1. The summed E-state index contributed by atoms with van der Waals surface area (Å²) in [4.78, 5) is 24.2. The second kappa shape index (κ2) is 6.46. The Kier molecular flexibility index (Phi) is 4.89. The van der Waals surface area contributed by atoms with E-state index < -0.39 is 11.0 Å². The van der Waals surface area contributed by atoms with E-state index in [4.69, 9.17) is 9.84 Å². The number of ether oxygens (including phenoxy) is 1. The first-order chi connectivity index (χ1) is 9.52. The molecule has 1 heterocycles. The average molecular weight is 392 g/mol. The van der Waals surface area contributed by atoms with Gasteiger partial charge < -0.3 is 14.7 Å². The van der Waals surface area contributed by atoms with Crippen LogP contribution in [0.3, 0.4) is 0 Å². The molecule has 0 aromatic heterocycles. The van der Waals surface area contributed by atoms with Gasteiger partial charge in [-0.15, -0.1) is 0 Å². The van der Waals surface area contributed by atoms with Gasteiger partial charge in [-0.2, -0.15) is 0 Å². The first-order valence-corrected chi connectivity index (χ1v) is 7.06. The fourth-order valence-corrected chi connectivity index (χ4v) is 2.54. The normalized spacial score (nSPS) is 18.9. The van der Waals surface area contributed by atoms with Gasteiger partial charge in [0.15, 0.2) is 0 Å². The molecule has 0 radical (unpaired) electrons. The number of nitro groups is 1. The molecule has 2 rings (SSSR count). The SMILES string of the molecule is O=C(c1cc([N+](=O)[O-])ccc1I)N1CCOC(CO)C1. The number of benzene rings is 1. The van der Waals surface area contributed by atoms with Gasteiger partial charge in [0.05, 0.1) is 29.8 Å². The van der Waals surface area contributed by atoms with E-state index in [0.29, 0.717) is 22.3 Å². The van der Waals surface area contributed by atoms with Gasteiger partial charge >= 0.3 is 0 Å². The van der Waals surface area contributed by atoms with Crippen molar-refractivity contribution in [3.63, 3.8) is 0 Å². The maximum absolute atomic E-state index is 12.4. The van der Waals surface area contributed by atoms with Crippen LogP contribution < -0.4 is 0 Å². The molecule has 1 saturated heterocycles. The Bertz CT molecular complexity index is 537. The monoisotopic (exact) mass is 392 g/mol. The van der Waals surface area contributed by atoms with Crippen LogP contribution in [-0.2, 0) is 4.74 Å². The largest absolute Gasteiger partial charge is 0.394 e. The number of hydrogen-bond acceptors (Lipinski definition) is 5. The van der Waals surface area contributed by atoms with Crippen LogP contribution in [0.15, 0.2) is 18.2 Å². The molecular weight excluding hydrogens is 379 g/mol. The van der Waals surface area contributed by atoms with E-state index in [1.807, 2.05) is 22.6 Å². The van der Waals surface area contributed by atoms with Gasteiger partial charge in [0, 0.05) is 28.8 Å². The topological polar surface area (TPSA) is 92.9 Å². The van der Waals surface area contributed by atoms with Crippen molar-refractivity contribution in [2.75, 3.05) is 26.3 Å². The number of hydrogen-bond donors (Lipinski definition) is 1. The molecule has 1 aliphatic rings. The summed E-state index contributed by atoms with van der Waals surface area (Å²) in [5.41, 5.74) is 0.194. The van der Waals surface area contributed by atoms with Gasteiger partial charge in [-0.25, -0.2) is 0 Å². The van der Waals surface area contributed by atoms with Crippen molar-refractivity contribution in [1.82, 2.24) is 4.90 Å². The highest BCUT2D eigenvalue weighted by Crippen LogP contribution is 2.22. The predicted molar refractivity (Wildman–Crippen MR) is 78.5 cm³/mol. The zero-order valence-corrected chi connectivity index (χ0v) is 12.6. The molecular formula is C12H13IN2O5. The molecule has 1 aliphatic heterocycles. The summed E-state index contributed by atoms with van der Waals surface area (Å²) < 4.78 is 5.94. The van der Waals surface area contributed by atoms with E-state index in [9.17, 15) is 14.9 Å². The zero-order chi connectivity index (χ0) is 14.7. The Morgan fingerprint density at radius 3 is 3.00 bits per heavy atom. The molecule has 1 atom stereocenters. The predicted octanol–water partition coefficient (Wildman–Crippen LogP) is 1.03. The summed E-state index contributed by atoms with van der Waals surface area (Å²) in [6.07, 6.45) is -0.399. The molecule has 0 saturated carbocycles. The van der Waals surface area contributed by atoms with Crippen molar-refractivity contribution >= 4 is 34.2 Å². The number of aliphatic hydroxyl groups excluding tert-OH is 1. The molecule has 1 N–H and O–H groups in total. The highest BCUT2D eigenvalue weighted by atomic mass is 127. The van der Waals surface area contributed by atoms with Crippen molar-refractivity contribution in [1.29, 1.82) is 0 Å². The molecule has 8 heteroatoms. The summed E-state index contributed by atoms with van der Waals surface area (Å²) in [5.74, 6) is -0.278. The molecule has 0 aliphatic carbocycles. The lowest BCUT2D eigenvalue weighted by Crippen LogP contribution is -2.47. The number of rotatable bonds is 3. The van der Waals surface area contributed by atoms with E-state index in [-0.39, 0.29) is 24.7 Å². The van der Waals surface area contributed by atoms with Gasteiger partial charge in [0.1, 0.15) is 0 Å². The third kappa shape index (κ3) is 3.25. The summed E-state index contributed by atoms with van der Waals surface area (Å²) >= 11 is 1.98. The lowest BCUT2D eigenvalue weighted by Gasteiger charge is -2.32. The lowest BCUT2D eigenvalue weighted by molar-refractivity contribution is -0.384. The molecule has 1 unspecified atom stereocenters. The smallest absolute Gasteiger partial charge is 0.270 e. The Morgan fingerprint density at radius 2 is 2.35 bits per heavy atom. The minimum Gasteiger partial charge on any atom is -0.394 e. The molecule has 0 bridgehead atoms. The third-order valence-corrected chi connectivity index (χ3v) is 3.96. The standard InChI is InChI=1S/C12H13IN2O5/c13-11-2-1-8(15(18)19)5-10(11)12(17)14-3-4-20-9(6-14)7-16/h1-2,5,9,16H,3-4,6-7H2. The highest BCUT2D eigenvalue weighted by Gasteiger charge is 2.26. The second-order valence-electron chi connectivity index (χ2n) is 4.35. The maximum atomic E-state index is 12.4. The summed E-state index contributed by atoms with van der Waals surface area (Å²) in [6.45, 7) is 0.889. The number of aliphatic hydroxyl groups is 1. The zero-order valence-electron chi connectivity index (χ0n) is 10.5. The fourth-order valence-electron chi connectivity index (χ4n) is 1.98. The van der Waals surface area contributed by atoms with Gasteiger partial charge in [-0.1, -0.05) is 0 Å². The van der Waals surface area contributed by atoms with Crippen LogP contribution in [0.1, 0.15) is 10.4 Å². The molecule has 7 nitrogen and oxygen atoms in total. The van der Waals surface area contributed by atoms with Crippen LogP contribution in [0, 0.1) is 13.7 Å². The first-order valence-electron chi connectivity index (χ1n) is 5.98. The van der Waals surface area contributed by atoms with Crippen LogP contribution in [-0.4, -0.2) is 53.2 Å². The van der Waals surface area contributed by atoms with Crippen LogP contribution in [0.25, 0.3) is 0 Å². The lowest BCUT2D eigenvalue weighted by atomic mass is 10.1. The van der Waals surface area contributed by atoms with Crippen LogP contribution in [0.4, 0.5) is 5.69 Å². The summed E-state index contributed by atoms with van der Waals surface area (Å²) in [6, 6.07) is 4.21. The van der Waals surface area contributed by atoms with Gasteiger partial charge in [0.25, 0.3) is 11.6 Å². The van der Waals surface area contributed by atoms with E-state index in [1.165, 1.54) is 12.1 Å². The quantitative estimate of drug-likeness (QED) is 0.471. The fraction of sp³-hybridized carbons (Fsp3) is 0.417. The molecule has 20 heavy (non-hydrogen) atoms. The van der Waals surface area contributed by atoms with E-state index >= 15 is 0 Å². The highest BCUT2D eigenvalue weighted by molar-refractivity contribution is 14.1. The molecule has 1 amide bonds. The van der Waals surface area contributed by atoms with Crippen molar-refractivity contribution in [3.8, 4) is 0 Å². The summed E-state index contributed by atoms with van der Waals surface area (Å²) in [5, 5.41) is 19.9. The number of non-ortho nitro benzene ring substituents is 1. The molecule has 1 aromatic carbocycles.